The van der Waals surface area contributed by atoms with Gasteiger partial charge in [-0.1, -0.05) is 0 Å². The largest absolute Gasteiger partial charge is 0.488 e. The van der Waals surface area contributed by atoms with Gasteiger partial charge in [-0.15, -0.1) is 11.3 Å². The first-order chi connectivity index (χ1) is 9.11. The summed E-state index contributed by atoms with van der Waals surface area (Å²) in [5.41, 5.74) is 2.81. The van der Waals surface area contributed by atoms with Gasteiger partial charge >= 0.3 is 0 Å². The molecule has 0 saturated carbocycles. The Morgan fingerprint density at radius 3 is 2.95 bits per heavy atom. The molecule has 19 heavy (non-hydrogen) atoms. The SMILES string of the molecule is NNC(=O)c1sccc1COc1ccc(F)cc1Br. The number of ether oxygens (including phenoxy) is 1. The summed E-state index contributed by atoms with van der Waals surface area (Å²) in [6.07, 6.45) is 0. The quantitative estimate of drug-likeness (QED) is 0.509. The zero-order valence-corrected chi connectivity index (χ0v) is 12.1. The normalized spacial score (nSPS) is 10.3. The van der Waals surface area contributed by atoms with E-state index in [0.717, 1.165) is 5.56 Å². The van der Waals surface area contributed by atoms with Crippen LogP contribution in [0, 0.1) is 5.82 Å². The Morgan fingerprint density at radius 1 is 1.47 bits per heavy atom. The van der Waals surface area contributed by atoms with Gasteiger partial charge < -0.3 is 4.74 Å². The van der Waals surface area contributed by atoms with Crippen LogP contribution < -0.4 is 16.0 Å². The third kappa shape index (κ3) is 3.31. The van der Waals surface area contributed by atoms with Gasteiger partial charge in [0, 0.05) is 5.56 Å². The molecule has 2 rings (SSSR count). The van der Waals surface area contributed by atoms with Crippen LogP contribution in [0.15, 0.2) is 34.1 Å². The number of carbonyl (C=O) groups excluding carboxylic acids is 1. The molecular formula is C12H10BrFN2O2S. The maximum atomic E-state index is 12.9. The number of carbonyl (C=O) groups is 1. The van der Waals surface area contributed by atoms with Gasteiger partial charge in [-0.3, -0.25) is 10.2 Å². The molecule has 0 unspecified atom stereocenters. The maximum Gasteiger partial charge on any atom is 0.275 e. The fourth-order valence-electron chi connectivity index (χ4n) is 1.46. The van der Waals surface area contributed by atoms with Crippen molar-refractivity contribution in [3.05, 3.63) is 50.4 Å². The van der Waals surface area contributed by atoms with Crippen LogP contribution in [0.25, 0.3) is 0 Å². The molecule has 0 aliphatic carbocycles. The zero-order chi connectivity index (χ0) is 13.8. The molecule has 0 spiro atoms. The monoisotopic (exact) mass is 344 g/mol. The Labute approximate surface area is 121 Å². The second-order valence-corrected chi connectivity index (χ2v) is 5.38. The Morgan fingerprint density at radius 2 is 2.26 bits per heavy atom. The van der Waals surface area contributed by atoms with Crippen molar-refractivity contribution in [2.24, 2.45) is 5.84 Å². The molecule has 1 heterocycles. The van der Waals surface area contributed by atoms with Gasteiger partial charge in [0.2, 0.25) is 0 Å². The van der Waals surface area contributed by atoms with Gasteiger partial charge in [-0.25, -0.2) is 10.2 Å². The number of nitrogens with one attached hydrogen (secondary N) is 1. The first kappa shape index (κ1) is 14.0. The van der Waals surface area contributed by atoms with Crippen LogP contribution in [-0.2, 0) is 6.61 Å². The molecule has 100 valence electrons. The molecule has 7 heteroatoms. The van der Waals surface area contributed by atoms with E-state index in [9.17, 15) is 9.18 Å². The summed E-state index contributed by atoms with van der Waals surface area (Å²) < 4.78 is 19.0. The predicted molar refractivity (Wildman–Crippen MR) is 74.4 cm³/mol. The standard InChI is InChI=1S/C12H10BrFN2O2S/c13-9-5-8(14)1-2-10(9)18-6-7-3-4-19-11(7)12(17)16-15/h1-5H,6,15H2,(H,16,17). The molecule has 4 nitrogen and oxygen atoms in total. The number of hydrazine groups is 1. The number of thiophene rings is 1. The molecule has 0 aliphatic rings. The van der Waals surface area contributed by atoms with Gasteiger partial charge in [-0.05, 0) is 45.6 Å². The third-order valence-electron chi connectivity index (χ3n) is 2.36. The molecular weight excluding hydrogens is 335 g/mol. The Balaban J connectivity index is 2.10. The van der Waals surface area contributed by atoms with E-state index < -0.39 is 0 Å². The summed E-state index contributed by atoms with van der Waals surface area (Å²) in [5.74, 6) is 4.90. The average Bonchev–Trinajstić information content (AvgIpc) is 2.85. The molecule has 3 N–H and O–H groups in total. The highest BCUT2D eigenvalue weighted by Crippen LogP contribution is 2.27. The van der Waals surface area contributed by atoms with Gasteiger partial charge in [0.1, 0.15) is 18.2 Å². The lowest BCUT2D eigenvalue weighted by molar-refractivity contribution is 0.0955. The number of amides is 1. The minimum atomic E-state index is -0.355. The highest BCUT2D eigenvalue weighted by atomic mass is 79.9. The fourth-order valence-corrected chi connectivity index (χ4v) is 2.74. The Hall–Kier alpha value is -1.44. The van der Waals surface area contributed by atoms with Gasteiger partial charge in [0.15, 0.2) is 0 Å². The summed E-state index contributed by atoms with van der Waals surface area (Å²) in [6, 6.07) is 5.93. The number of halogens is 2. The first-order valence-corrected chi connectivity index (χ1v) is 6.94. The third-order valence-corrected chi connectivity index (χ3v) is 3.94. The van der Waals surface area contributed by atoms with Crippen molar-refractivity contribution in [2.75, 3.05) is 0 Å². The summed E-state index contributed by atoms with van der Waals surface area (Å²) in [5, 5.41) is 1.78. The molecule has 0 radical (unpaired) electrons. The summed E-state index contributed by atoms with van der Waals surface area (Å²) >= 11 is 4.49. The lowest BCUT2D eigenvalue weighted by atomic mass is 10.2. The van der Waals surface area contributed by atoms with Gasteiger partial charge in [-0.2, -0.15) is 0 Å². The van der Waals surface area contributed by atoms with Crippen LogP contribution in [0.3, 0.4) is 0 Å². The van der Waals surface area contributed by atoms with E-state index in [1.54, 1.807) is 11.4 Å². The van der Waals surface area contributed by atoms with Gasteiger partial charge in [0.05, 0.1) is 9.35 Å². The molecule has 0 saturated heterocycles. The molecule has 0 bridgehead atoms. The first-order valence-electron chi connectivity index (χ1n) is 5.27. The van der Waals surface area contributed by atoms with E-state index in [-0.39, 0.29) is 18.3 Å². The van der Waals surface area contributed by atoms with Crippen molar-refractivity contribution in [2.45, 2.75) is 6.61 Å². The lowest BCUT2D eigenvalue weighted by Crippen LogP contribution is -2.30. The second-order valence-electron chi connectivity index (χ2n) is 3.61. The van der Waals surface area contributed by atoms with E-state index in [2.05, 4.69) is 21.4 Å². The summed E-state index contributed by atoms with van der Waals surface area (Å²) in [7, 11) is 0. The van der Waals surface area contributed by atoms with E-state index in [0.29, 0.717) is 15.1 Å². The number of benzene rings is 1. The summed E-state index contributed by atoms with van der Waals surface area (Å²) in [6.45, 7) is 0.205. The van der Waals surface area contributed by atoms with Crippen LogP contribution in [0.1, 0.15) is 15.2 Å². The highest BCUT2D eigenvalue weighted by molar-refractivity contribution is 9.10. The molecule has 1 amide bonds. The zero-order valence-electron chi connectivity index (χ0n) is 9.65. The van der Waals surface area contributed by atoms with Crippen LogP contribution in [0.4, 0.5) is 4.39 Å². The van der Waals surface area contributed by atoms with E-state index in [1.165, 1.54) is 29.5 Å². The van der Waals surface area contributed by atoms with E-state index >= 15 is 0 Å². The van der Waals surface area contributed by atoms with Crippen molar-refractivity contribution < 1.29 is 13.9 Å². The number of hydrogen-bond acceptors (Lipinski definition) is 4. The van der Waals surface area contributed by atoms with E-state index in [1.807, 2.05) is 0 Å². The number of nitrogens with two attached hydrogens (primary N) is 1. The Kier molecular flexibility index (Phi) is 4.52. The molecule has 0 aliphatic heterocycles. The van der Waals surface area contributed by atoms with E-state index in [4.69, 9.17) is 10.6 Å². The predicted octanol–water partition coefficient (Wildman–Crippen LogP) is 2.83. The molecule has 0 fully saturated rings. The smallest absolute Gasteiger partial charge is 0.275 e. The maximum absolute atomic E-state index is 12.9. The lowest BCUT2D eigenvalue weighted by Gasteiger charge is -2.08. The number of rotatable bonds is 4. The Bertz CT molecular complexity index is 603. The minimum Gasteiger partial charge on any atom is -0.488 e. The highest BCUT2D eigenvalue weighted by Gasteiger charge is 2.13. The van der Waals surface area contributed by atoms with Gasteiger partial charge in [0.25, 0.3) is 5.91 Å². The van der Waals surface area contributed by atoms with Crippen molar-refractivity contribution in [1.82, 2.24) is 5.43 Å². The number of hydrogen-bond donors (Lipinski definition) is 2. The molecule has 2 aromatic rings. The van der Waals surface area contributed by atoms with Crippen LogP contribution in [-0.4, -0.2) is 5.91 Å². The molecule has 1 aromatic carbocycles. The molecule has 1 aromatic heterocycles. The second kappa shape index (κ2) is 6.14. The van der Waals surface area contributed by atoms with Crippen LogP contribution in [0.2, 0.25) is 0 Å². The van der Waals surface area contributed by atoms with Crippen molar-refractivity contribution in [3.8, 4) is 5.75 Å². The van der Waals surface area contributed by atoms with Crippen molar-refractivity contribution in [3.63, 3.8) is 0 Å². The fraction of sp³-hybridized carbons (Fsp3) is 0.0833. The minimum absolute atomic E-state index is 0.205. The van der Waals surface area contributed by atoms with Crippen LogP contribution in [0.5, 0.6) is 5.75 Å². The molecule has 0 atom stereocenters. The average molecular weight is 345 g/mol. The van der Waals surface area contributed by atoms with Crippen molar-refractivity contribution >= 4 is 33.2 Å². The summed E-state index contributed by atoms with van der Waals surface area (Å²) in [4.78, 5) is 12.0. The topological polar surface area (TPSA) is 64.3 Å². The van der Waals surface area contributed by atoms with Crippen molar-refractivity contribution in [1.29, 1.82) is 0 Å². The number of nitrogen functional groups attached to an aromatic ring is 1. The van der Waals surface area contributed by atoms with Crippen LogP contribution >= 0.6 is 27.3 Å².